The lowest BCUT2D eigenvalue weighted by Gasteiger charge is -1.94. The summed E-state index contributed by atoms with van der Waals surface area (Å²) in [4.78, 5) is 9.94. The predicted octanol–water partition coefficient (Wildman–Crippen LogP) is 2.69. The van der Waals surface area contributed by atoms with Crippen molar-refractivity contribution in [2.75, 3.05) is 0 Å². The zero-order chi connectivity index (χ0) is 8.97. The quantitative estimate of drug-likeness (QED) is 0.510. The highest BCUT2D eigenvalue weighted by atomic mass is 35.5. The maximum absolute atomic E-state index is 12.6. The Labute approximate surface area is 74.5 Å². The van der Waals surface area contributed by atoms with E-state index in [0.29, 0.717) is 11.8 Å². The minimum Gasteiger partial charge on any atom is -0.299 e. The van der Waals surface area contributed by atoms with Crippen molar-refractivity contribution in [1.82, 2.24) is 0 Å². The third kappa shape index (κ3) is 2.17. The average Bonchev–Trinajstić information content (AvgIpc) is 2.07. The summed E-state index contributed by atoms with van der Waals surface area (Å²) < 4.78 is 12.6. The van der Waals surface area contributed by atoms with E-state index in [4.69, 9.17) is 11.6 Å². The molecule has 0 spiro atoms. The van der Waals surface area contributed by atoms with Gasteiger partial charge in [0.1, 0.15) is 12.1 Å². The number of hydrogen-bond donors (Lipinski definition) is 0. The highest BCUT2D eigenvalue weighted by Gasteiger charge is 1.97. The third-order valence-corrected chi connectivity index (χ3v) is 1.60. The molecular formula is C9H6ClFO. The van der Waals surface area contributed by atoms with Gasteiger partial charge in [0.15, 0.2) is 0 Å². The molecule has 0 fully saturated rings. The summed E-state index contributed by atoms with van der Waals surface area (Å²) in [5.41, 5.74) is 0.702. The van der Waals surface area contributed by atoms with E-state index in [1.165, 1.54) is 18.2 Å². The van der Waals surface area contributed by atoms with Crippen molar-refractivity contribution >= 4 is 24.0 Å². The lowest BCUT2D eigenvalue weighted by atomic mass is 10.2. The molecule has 1 aromatic rings. The minimum absolute atomic E-state index is 0.0584. The molecule has 3 heteroatoms. The molecule has 0 radical (unpaired) electrons. The van der Waals surface area contributed by atoms with Gasteiger partial charge >= 0.3 is 0 Å². The van der Waals surface area contributed by atoms with Crippen molar-refractivity contribution in [2.24, 2.45) is 0 Å². The Morgan fingerprint density at radius 2 is 2.17 bits per heavy atom. The average molecular weight is 185 g/mol. The fraction of sp³-hybridized carbons (Fsp3) is 0. The number of allylic oxidation sites excluding steroid dienone is 1. The maximum atomic E-state index is 12.6. The highest BCUT2D eigenvalue weighted by Crippen LogP contribution is 2.16. The second kappa shape index (κ2) is 4.02. The maximum Gasteiger partial charge on any atom is 0.142 e. The second-order valence-electron chi connectivity index (χ2n) is 2.17. The van der Waals surface area contributed by atoms with Crippen LogP contribution in [0.15, 0.2) is 24.3 Å². The predicted molar refractivity (Wildman–Crippen MR) is 46.5 cm³/mol. The number of carbonyl (C=O) groups excluding carboxylic acids is 1. The molecule has 1 rings (SSSR count). The number of rotatable bonds is 2. The van der Waals surface area contributed by atoms with Crippen LogP contribution in [-0.2, 0) is 4.79 Å². The molecule has 0 amide bonds. The summed E-state index contributed by atoms with van der Waals surface area (Å²) in [5.74, 6) is -0.458. The van der Waals surface area contributed by atoms with Crippen molar-refractivity contribution in [1.29, 1.82) is 0 Å². The lowest BCUT2D eigenvalue weighted by molar-refractivity contribution is -0.104. The Morgan fingerprint density at radius 1 is 1.42 bits per heavy atom. The number of hydrogen-bond acceptors (Lipinski definition) is 1. The van der Waals surface area contributed by atoms with Crippen LogP contribution >= 0.6 is 11.6 Å². The van der Waals surface area contributed by atoms with E-state index in [9.17, 15) is 9.18 Å². The van der Waals surface area contributed by atoms with E-state index in [-0.39, 0.29) is 5.02 Å². The molecule has 0 aliphatic heterocycles. The van der Waals surface area contributed by atoms with Crippen molar-refractivity contribution in [3.05, 3.63) is 40.7 Å². The van der Waals surface area contributed by atoms with Crippen molar-refractivity contribution in [3.8, 4) is 0 Å². The first kappa shape index (κ1) is 8.94. The molecule has 0 N–H and O–H groups in total. The summed E-state index contributed by atoms with van der Waals surface area (Å²) in [7, 11) is 0. The van der Waals surface area contributed by atoms with Crippen LogP contribution in [-0.4, -0.2) is 6.29 Å². The van der Waals surface area contributed by atoms with Gasteiger partial charge < -0.3 is 0 Å². The fourth-order valence-electron chi connectivity index (χ4n) is 0.766. The first-order chi connectivity index (χ1) is 5.74. The zero-order valence-electron chi connectivity index (χ0n) is 6.13. The van der Waals surface area contributed by atoms with Crippen molar-refractivity contribution < 1.29 is 9.18 Å². The zero-order valence-corrected chi connectivity index (χ0v) is 6.88. The largest absolute Gasteiger partial charge is 0.299 e. The van der Waals surface area contributed by atoms with Crippen LogP contribution in [0.3, 0.4) is 0 Å². The molecule has 12 heavy (non-hydrogen) atoms. The summed E-state index contributed by atoms with van der Waals surface area (Å²) in [6.45, 7) is 0. The van der Waals surface area contributed by atoms with Gasteiger partial charge in [-0.25, -0.2) is 4.39 Å². The highest BCUT2D eigenvalue weighted by molar-refractivity contribution is 6.30. The van der Waals surface area contributed by atoms with Gasteiger partial charge in [-0.3, -0.25) is 4.79 Å². The van der Waals surface area contributed by atoms with E-state index in [1.807, 2.05) is 0 Å². The first-order valence-corrected chi connectivity index (χ1v) is 3.69. The van der Waals surface area contributed by atoms with Gasteiger partial charge in [-0.1, -0.05) is 23.7 Å². The Morgan fingerprint density at radius 3 is 2.75 bits per heavy atom. The van der Waals surface area contributed by atoms with Crippen LogP contribution < -0.4 is 0 Å². The van der Waals surface area contributed by atoms with E-state index in [1.54, 1.807) is 12.1 Å². The molecule has 62 valence electrons. The van der Waals surface area contributed by atoms with Crippen molar-refractivity contribution in [3.63, 3.8) is 0 Å². The van der Waals surface area contributed by atoms with Crippen LogP contribution in [0, 0.1) is 5.82 Å². The SMILES string of the molecule is O=CC=Cc1ccc(F)c(Cl)c1. The molecule has 1 nitrogen and oxygen atoms in total. The van der Waals surface area contributed by atoms with E-state index in [0.717, 1.165) is 0 Å². The first-order valence-electron chi connectivity index (χ1n) is 3.31. The molecule has 0 aliphatic carbocycles. The van der Waals surface area contributed by atoms with Gasteiger partial charge in [-0.2, -0.15) is 0 Å². The number of halogens is 2. The molecule has 0 saturated heterocycles. The molecule has 0 aliphatic rings. The molecule has 0 bridgehead atoms. The lowest BCUT2D eigenvalue weighted by Crippen LogP contribution is -1.77. The molecule has 0 unspecified atom stereocenters. The van der Waals surface area contributed by atoms with Gasteiger partial charge in [0.2, 0.25) is 0 Å². The molecular weight excluding hydrogens is 179 g/mol. The topological polar surface area (TPSA) is 17.1 Å². The summed E-state index contributed by atoms with van der Waals surface area (Å²) in [6, 6.07) is 4.25. The van der Waals surface area contributed by atoms with Crippen LogP contribution in [0.5, 0.6) is 0 Å². The summed E-state index contributed by atoms with van der Waals surface area (Å²) >= 11 is 5.50. The fourth-order valence-corrected chi connectivity index (χ4v) is 0.955. The minimum atomic E-state index is -0.458. The normalized spacial score (nSPS) is 10.5. The Kier molecular flexibility index (Phi) is 3.00. The Hall–Kier alpha value is -1.15. The van der Waals surface area contributed by atoms with E-state index < -0.39 is 5.82 Å². The number of carbonyl (C=O) groups is 1. The van der Waals surface area contributed by atoms with Crippen LogP contribution in [0.25, 0.3) is 6.08 Å². The monoisotopic (exact) mass is 184 g/mol. The second-order valence-corrected chi connectivity index (χ2v) is 2.58. The molecule has 1 aromatic carbocycles. The Bertz CT molecular complexity index is 320. The van der Waals surface area contributed by atoms with Crippen LogP contribution in [0.2, 0.25) is 5.02 Å². The standard InChI is InChI=1S/C9H6ClFO/c10-8-6-7(2-1-5-12)3-4-9(8)11/h1-6H. The molecule has 0 aromatic heterocycles. The van der Waals surface area contributed by atoms with Gasteiger partial charge in [0.05, 0.1) is 5.02 Å². The summed E-state index contributed by atoms with van der Waals surface area (Å²) in [5, 5.41) is 0.0584. The molecule has 0 heterocycles. The van der Waals surface area contributed by atoms with Gasteiger partial charge in [0.25, 0.3) is 0 Å². The van der Waals surface area contributed by atoms with Crippen LogP contribution in [0.4, 0.5) is 4.39 Å². The van der Waals surface area contributed by atoms with Crippen molar-refractivity contribution in [2.45, 2.75) is 0 Å². The number of aldehydes is 1. The van der Waals surface area contributed by atoms with E-state index in [2.05, 4.69) is 0 Å². The Balaban J connectivity index is 2.96. The van der Waals surface area contributed by atoms with Gasteiger partial charge in [0, 0.05) is 0 Å². The van der Waals surface area contributed by atoms with E-state index >= 15 is 0 Å². The third-order valence-electron chi connectivity index (χ3n) is 1.31. The molecule has 0 atom stereocenters. The van der Waals surface area contributed by atoms with Gasteiger partial charge in [-0.15, -0.1) is 0 Å². The van der Waals surface area contributed by atoms with Gasteiger partial charge in [-0.05, 0) is 23.8 Å². The van der Waals surface area contributed by atoms with Crippen LogP contribution in [0.1, 0.15) is 5.56 Å². The number of benzene rings is 1. The molecule has 0 saturated carbocycles. The summed E-state index contributed by atoms with van der Waals surface area (Å²) in [6.07, 6.45) is 3.53. The smallest absolute Gasteiger partial charge is 0.142 e.